The predicted octanol–water partition coefficient (Wildman–Crippen LogP) is 3.56. The molecule has 0 heterocycles. The zero-order valence-corrected chi connectivity index (χ0v) is 30.3. The Bertz CT molecular complexity index is 1890. The molecule has 56 heavy (non-hydrogen) atoms. The highest BCUT2D eigenvalue weighted by Crippen LogP contribution is 2.25. The monoisotopic (exact) mass is 774 g/mol. The molecule has 0 bridgehead atoms. The minimum atomic E-state index is -1.21. The van der Waals surface area contributed by atoms with Crippen LogP contribution in [0.5, 0.6) is 23.0 Å². The Labute approximate surface area is 322 Å². The van der Waals surface area contributed by atoms with E-state index in [1.54, 1.807) is 60.7 Å². The number of carbonyl (C=O) groups is 5. The summed E-state index contributed by atoms with van der Waals surface area (Å²) in [5.74, 6) is -3.17. The van der Waals surface area contributed by atoms with E-state index in [-0.39, 0.29) is 67.2 Å². The third-order valence-corrected chi connectivity index (χ3v) is 7.26. The van der Waals surface area contributed by atoms with Gasteiger partial charge in [0.2, 0.25) is 5.91 Å². The molecule has 0 saturated carbocycles. The molecule has 0 saturated heterocycles. The number of carboxylic acids is 1. The Kier molecular flexibility index (Phi) is 17.8. The van der Waals surface area contributed by atoms with Gasteiger partial charge >= 0.3 is 17.9 Å². The average molecular weight is 775 g/mol. The predicted molar refractivity (Wildman–Crippen MR) is 198 cm³/mol. The number of carboxylic acid groups (broad SMARTS) is 1. The summed E-state index contributed by atoms with van der Waals surface area (Å²) in [7, 11) is 0. The third kappa shape index (κ3) is 15.6. The Morgan fingerprint density at radius 3 is 1.27 bits per heavy atom. The van der Waals surface area contributed by atoms with Crippen LogP contribution in [0.4, 0.5) is 0 Å². The highest BCUT2D eigenvalue weighted by Gasteiger charge is 2.16. The maximum Gasteiger partial charge on any atom is 0.343 e. The SMILES string of the molecule is NC(=O)c1cc(OCCOCCOCCOCCOCCOc2cc(OC(=O)c3ccccc3)cc(C(=O)NCC(=O)O)c2)cc(OC(=O)c2ccccc2)c1. The van der Waals surface area contributed by atoms with Crippen molar-refractivity contribution in [3.63, 3.8) is 0 Å². The molecule has 0 atom stereocenters. The van der Waals surface area contributed by atoms with Crippen LogP contribution in [0.3, 0.4) is 0 Å². The van der Waals surface area contributed by atoms with Gasteiger partial charge in [0.25, 0.3) is 5.91 Å². The number of nitrogens with two attached hydrogens (primary N) is 1. The number of rotatable bonds is 25. The summed E-state index contributed by atoms with van der Waals surface area (Å²) in [6.45, 7) is 1.98. The van der Waals surface area contributed by atoms with E-state index in [2.05, 4.69) is 5.32 Å². The van der Waals surface area contributed by atoms with E-state index in [9.17, 15) is 24.0 Å². The molecule has 0 radical (unpaired) electrons. The lowest BCUT2D eigenvalue weighted by Gasteiger charge is -2.12. The van der Waals surface area contributed by atoms with Gasteiger partial charge in [0, 0.05) is 23.3 Å². The van der Waals surface area contributed by atoms with Crippen molar-refractivity contribution in [1.29, 1.82) is 0 Å². The van der Waals surface area contributed by atoms with Crippen molar-refractivity contribution < 1.29 is 67.0 Å². The molecular weight excluding hydrogens is 732 g/mol. The summed E-state index contributed by atoms with van der Waals surface area (Å²) in [6.07, 6.45) is 0. The first-order valence-electron chi connectivity index (χ1n) is 17.4. The molecule has 0 fully saturated rings. The Morgan fingerprint density at radius 1 is 0.482 bits per heavy atom. The van der Waals surface area contributed by atoms with Gasteiger partial charge in [-0.2, -0.15) is 0 Å². The number of amides is 2. The van der Waals surface area contributed by atoms with E-state index in [0.717, 1.165) is 0 Å². The molecule has 0 spiro atoms. The number of primary amides is 1. The largest absolute Gasteiger partial charge is 0.491 e. The number of ether oxygens (including phenoxy) is 8. The molecule has 16 heteroatoms. The number of benzene rings is 4. The minimum Gasteiger partial charge on any atom is -0.491 e. The lowest BCUT2D eigenvalue weighted by Crippen LogP contribution is -2.29. The molecular formula is C40H42N2O14. The second-order valence-electron chi connectivity index (χ2n) is 11.5. The summed E-state index contributed by atoms with van der Waals surface area (Å²) >= 11 is 0. The number of carbonyl (C=O) groups excluding carboxylic acids is 4. The quantitative estimate of drug-likeness (QED) is 0.0499. The second kappa shape index (κ2) is 23.5. The summed E-state index contributed by atoms with van der Waals surface area (Å²) in [5.41, 5.74) is 6.25. The van der Waals surface area contributed by atoms with E-state index >= 15 is 0 Å². The van der Waals surface area contributed by atoms with Crippen LogP contribution < -0.4 is 30.0 Å². The van der Waals surface area contributed by atoms with Gasteiger partial charge < -0.3 is 54.1 Å². The standard InChI is InChI=1S/C40H42N2O14/c41-37(45)30-21-32(25-34(22-30)55-39(47)28-7-3-1-4-8-28)53-19-17-51-15-13-49-11-12-50-14-16-52-18-20-54-33-23-31(38(46)42-27-36(43)44)24-35(26-33)56-40(48)29-9-5-2-6-10-29/h1-10,21-26H,11-20,27H2,(H2,41,45)(H,42,46)(H,43,44). The van der Waals surface area contributed by atoms with Crippen molar-refractivity contribution in [3.8, 4) is 23.0 Å². The van der Waals surface area contributed by atoms with Gasteiger partial charge in [-0.25, -0.2) is 9.59 Å². The molecule has 16 nitrogen and oxygen atoms in total. The van der Waals surface area contributed by atoms with Crippen molar-refractivity contribution >= 4 is 29.7 Å². The van der Waals surface area contributed by atoms with Crippen molar-refractivity contribution in [3.05, 3.63) is 119 Å². The van der Waals surface area contributed by atoms with E-state index in [0.29, 0.717) is 44.2 Å². The topological polar surface area (TPSA) is 217 Å². The second-order valence-corrected chi connectivity index (χ2v) is 11.5. The normalized spacial score (nSPS) is 10.6. The first-order valence-corrected chi connectivity index (χ1v) is 17.4. The Hall–Kier alpha value is -6.33. The fourth-order valence-electron chi connectivity index (χ4n) is 4.64. The van der Waals surface area contributed by atoms with Gasteiger partial charge in [0.15, 0.2) is 0 Å². The van der Waals surface area contributed by atoms with E-state index in [1.807, 2.05) is 0 Å². The summed E-state index contributed by atoms with van der Waals surface area (Å²) in [4.78, 5) is 60.1. The van der Waals surface area contributed by atoms with E-state index < -0.39 is 36.3 Å². The van der Waals surface area contributed by atoms with Gasteiger partial charge in [-0.1, -0.05) is 36.4 Å². The number of esters is 2. The number of nitrogens with one attached hydrogen (secondary N) is 1. The van der Waals surface area contributed by atoms with Gasteiger partial charge in [-0.15, -0.1) is 0 Å². The number of hydrogen-bond donors (Lipinski definition) is 3. The van der Waals surface area contributed by atoms with E-state index in [1.165, 1.54) is 36.4 Å². The first kappa shape index (κ1) is 42.4. The van der Waals surface area contributed by atoms with Crippen LogP contribution in [-0.2, 0) is 23.7 Å². The van der Waals surface area contributed by atoms with E-state index in [4.69, 9.17) is 48.7 Å². The van der Waals surface area contributed by atoms with Gasteiger partial charge in [-0.05, 0) is 48.5 Å². The Balaban J connectivity index is 1.05. The smallest absolute Gasteiger partial charge is 0.343 e. The van der Waals surface area contributed by atoms with Crippen molar-refractivity contribution in [2.24, 2.45) is 5.73 Å². The molecule has 4 aromatic rings. The Morgan fingerprint density at radius 2 is 0.857 bits per heavy atom. The molecule has 0 aliphatic heterocycles. The highest BCUT2D eigenvalue weighted by molar-refractivity contribution is 5.97. The molecule has 0 aromatic heterocycles. The van der Waals surface area contributed by atoms with Crippen molar-refractivity contribution in [1.82, 2.24) is 5.32 Å². The van der Waals surface area contributed by atoms with Crippen LogP contribution in [0.1, 0.15) is 41.4 Å². The van der Waals surface area contributed by atoms with Crippen LogP contribution in [0, 0.1) is 0 Å². The third-order valence-electron chi connectivity index (χ3n) is 7.26. The fraction of sp³-hybridized carbons (Fsp3) is 0.275. The minimum absolute atomic E-state index is 0.0404. The molecule has 4 rings (SSSR count). The summed E-state index contributed by atoms with van der Waals surface area (Å²) in [5, 5.41) is 11.2. The molecule has 0 unspecified atom stereocenters. The van der Waals surface area contributed by atoms with Crippen molar-refractivity contribution in [2.75, 3.05) is 72.6 Å². The van der Waals surface area contributed by atoms with Gasteiger partial charge in [-0.3, -0.25) is 14.4 Å². The maximum atomic E-state index is 12.5. The van der Waals surface area contributed by atoms with Crippen LogP contribution in [-0.4, -0.2) is 107 Å². The average Bonchev–Trinajstić information content (AvgIpc) is 3.20. The van der Waals surface area contributed by atoms with Crippen LogP contribution >= 0.6 is 0 Å². The zero-order chi connectivity index (χ0) is 40.0. The number of aliphatic carboxylic acids is 1. The van der Waals surface area contributed by atoms with Crippen molar-refractivity contribution in [2.45, 2.75) is 0 Å². The van der Waals surface area contributed by atoms with Crippen LogP contribution in [0.15, 0.2) is 97.1 Å². The zero-order valence-electron chi connectivity index (χ0n) is 30.3. The lowest BCUT2D eigenvalue weighted by molar-refractivity contribution is -0.135. The molecule has 4 N–H and O–H groups in total. The molecule has 296 valence electrons. The first-order chi connectivity index (χ1) is 27.2. The summed E-state index contributed by atoms with van der Waals surface area (Å²) < 4.78 is 44.2. The summed E-state index contributed by atoms with van der Waals surface area (Å²) in [6, 6.07) is 25.1. The highest BCUT2D eigenvalue weighted by atomic mass is 16.6. The van der Waals surface area contributed by atoms with Crippen LogP contribution in [0.25, 0.3) is 0 Å². The van der Waals surface area contributed by atoms with Gasteiger partial charge in [0.05, 0.1) is 64.0 Å². The molecule has 0 aliphatic rings. The maximum absolute atomic E-state index is 12.5. The number of hydrogen-bond acceptors (Lipinski definition) is 13. The van der Waals surface area contributed by atoms with Crippen LogP contribution in [0.2, 0.25) is 0 Å². The fourth-order valence-corrected chi connectivity index (χ4v) is 4.64. The molecule has 4 aromatic carbocycles. The molecule has 0 aliphatic carbocycles. The molecule has 2 amide bonds. The lowest BCUT2D eigenvalue weighted by atomic mass is 10.2. The van der Waals surface area contributed by atoms with Gasteiger partial charge in [0.1, 0.15) is 42.8 Å².